The minimum Gasteiger partial charge on any atom is -0.467 e. The zero-order chi connectivity index (χ0) is 20.9. The van der Waals surface area contributed by atoms with Crippen LogP contribution in [-0.2, 0) is 14.8 Å². The molecular weight excluding hydrogens is 392 g/mol. The summed E-state index contributed by atoms with van der Waals surface area (Å²) < 4.78 is 31.9. The Morgan fingerprint density at radius 2 is 1.72 bits per heavy atom. The summed E-state index contributed by atoms with van der Waals surface area (Å²) >= 11 is 0. The average molecular weight is 414 g/mol. The fourth-order valence-electron chi connectivity index (χ4n) is 2.85. The van der Waals surface area contributed by atoms with Gasteiger partial charge in [0.25, 0.3) is 5.91 Å². The van der Waals surface area contributed by atoms with Crippen LogP contribution in [0, 0.1) is 0 Å². The zero-order valence-electron chi connectivity index (χ0n) is 16.2. The van der Waals surface area contributed by atoms with E-state index in [1.54, 1.807) is 26.0 Å². The van der Waals surface area contributed by atoms with Crippen LogP contribution in [0.5, 0.6) is 5.88 Å². The first-order chi connectivity index (χ1) is 14.0. The lowest BCUT2D eigenvalue weighted by atomic mass is 10.2. The normalized spacial score (nSPS) is 11.6. The number of benzene rings is 2. The third-order valence-electron chi connectivity index (χ3n) is 4.33. The molecule has 152 valence electrons. The van der Waals surface area contributed by atoms with Gasteiger partial charge in [-0.25, -0.2) is 18.4 Å². The van der Waals surface area contributed by atoms with Crippen LogP contribution in [0.15, 0.2) is 59.8 Å². The Morgan fingerprint density at radius 3 is 2.41 bits per heavy atom. The number of para-hydroxylation sites is 1. The van der Waals surface area contributed by atoms with Crippen molar-refractivity contribution in [1.29, 1.82) is 0 Å². The largest absolute Gasteiger partial charge is 0.467 e. The van der Waals surface area contributed by atoms with Crippen molar-refractivity contribution in [2.45, 2.75) is 18.7 Å². The third-order valence-corrected chi connectivity index (χ3v) is 6.39. The van der Waals surface area contributed by atoms with E-state index in [2.05, 4.69) is 15.3 Å². The van der Waals surface area contributed by atoms with Gasteiger partial charge in [0.2, 0.25) is 15.9 Å². The maximum atomic E-state index is 12.5. The van der Waals surface area contributed by atoms with E-state index in [1.165, 1.54) is 22.8 Å². The van der Waals surface area contributed by atoms with Crippen molar-refractivity contribution in [3.05, 3.63) is 54.9 Å². The lowest BCUT2D eigenvalue weighted by molar-refractivity contribution is -0.118. The van der Waals surface area contributed by atoms with E-state index < -0.39 is 10.0 Å². The molecule has 0 aliphatic carbocycles. The number of hydrogen-bond acceptors (Lipinski definition) is 6. The van der Waals surface area contributed by atoms with Gasteiger partial charge in [-0.2, -0.15) is 4.31 Å². The highest BCUT2D eigenvalue weighted by Crippen LogP contribution is 2.21. The van der Waals surface area contributed by atoms with Gasteiger partial charge in [0.1, 0.15) is 6.33 Å². The summed E-state index contributed by atoms with van der Waals surface area (Å²) in [6.07, 6.45) is 1.38. The minimum absolute atomic E-state index is 0.183. The molecule has 1 N–H and O–H groups in total. The van der Waals surface area contributed by atoms with Crippen LogP contribution in [0.1, 0.15) is 13.8 Å². The van der Waals surface area contributed by atoms with E-state index in [-0.39, 0.29) is 17.4 Å². The van der Waals surface area contributed by atoms with Crippen LogP contribution >= 0.6 is 0 Å². The number of anilines is 1. The second kappa shape index (κ2) is 8.97. The van der Waals surface area contributed by atoms with Gasteiger partial charge < -0.3 is 10.1 Å². The standard InChI is InChI=1S/C20H22N4O4S/c1-3-24(4-2)29(26,27)16-11-9-15(10-12-16)23-19(25)13-28-20-17-7-5-6-8-18(17)21-14-22-20/h5-12,14H,3-4,13H2,1-2H3,(H,23,25). The molecule has 9 heteroatoms. The molecule has 1 aromatic heterocycles. The van der Waals surface area contributed by atoms with Crippen molar-refractivity contribution >= 4 is 32.5 Å². The molecule has 0 saturated carbocycles. The number of nitrogens with zero attached hydrogens (tertiary/aromatic N) is 3. The first-order valence-corrected chi connectivity index (χ1v) is 10.6. The van der Waals surface area contributed by atoms with E-state index in [1.807, 2.05) is 24.3 Å². The summed E-state index contributed by atoms with van der Waals surface area (Å²) in [6, 6.07) is 13.4. The second-order valence-electron chi connectivity index (χ2n) is 6.15. The SMILES string of the molecule is CCN(CC)S(=O)(=O)c1ccc(NC(=O)COc2ncnc3ccccc23)cc1. The molecule has 0 aliphatic rings. The van der Waals surface area contributed by atoms with E-state index >= 15 is 0 Å². The highest BCUT2D eigenvalue weighted by Gasteiger charge is 2.21. The summed E-state index contributed by atoms with van der Waals surface area (Å²) in [4.78, 5) is 20.6. The Kier molecular flexibility index (Phi) is 6.40. The Bertz CT molecular complexity index is 1090. The molecule has 3 aromatic rings. The molecule has 0 bridgehead atoms. The number of hydrogen-bond donors (Lipinski definition) is 1. The summed E-state index contributed by atoms with van der Waals surface area (Å²) in [5.41, 5.74) is 1.20. The van der Waals surface area contributed by atoms with Crippen molar-refractivity contribution in [2.75, 3.05) is 25.0 Å². The smallest absolute Gasteiger partial charge is 0.262 e. The van der Waals surface area contributed by atoms with Crippen molar-refractivity contribution in [3.8, 4) is 5.88 Å². The molecule has 0 atom stereocenters. The monoisotopic (exact) mass is 414 g/mol. The minimum atomic E-state index is -3.53. The summed E-state index contributed by atoms with van der Waals surface area (Å²) in [5.74, 6) is -0.0570. The Labute approximate surface area is 169 Å². The first-order valence-electron chi connectivity index (χ1n) is 9.18. The Hall–Kier alpha value is -3.04. The third kappa shape index (κ3) is 4.69. The zero-order valence-corrected chi connectivity index (χ0v) is 17.0. The maximum absolute atomic E-state index is 12.5. The predicted molar refractivity (Wildman–Crippen MR) is 110 cm³/mol. The number of nitrogens with one attached hydrogen (secondary N) is 1. The number of rotatable bonds is 8. The summed E-state index contributed by atoms with van der Waals surface area (Å²) in [5, 5.41) is 3.40. The van der Waals surface area contributed by atoms with Gasteiger partial charge in [-0.3, -0.25) is 4.79 Å². The van der Waals surface area contributed by atoms with Crippen molar-refractivity contribution in [2.24, 2.45) is 0 Å². The summed E-state index contributed by atoms with van der Waals surface area (Å²) in [6.45, 7) is 4.13. The molecule has 0 radical (unpaired) electrons. The molecule has 0 aliphatic heterocycles. The van der Waals surface area contributed by atoms with E-state index in [0.29, 0.717) is 30.0 Å². The van der Waals surface area contributed by atoms with Gasteiger partial charge >= 0.3 is 0 Å². The van der Waals surface area contributed by atoms with Crippen molar-refractivity contribution in [1.82, 2.24) is 14.3 Å². The van der Waals surface area contributed by atoms with Gasteiger partial charge in [0, 0.05) is 18.8 Å². The maximum Gasteiger partial charge on any atom is 0.262 e. The quantitative estimate of drug-likeness (QED) is 0.608. The topological polar surface area (TPSA) is 101 Å². The van der Waals surface area contributed by atoms with Crippen LogP contribution in [-0.4, -0.2) is 48.3 Å². The molecule has 3 rings (SSSR count). The molecule has 8 nitrogen and oxygen atoms in total. The second-order valence-corrected chi connectivity index (χ2v) is 8.08. The number of sulfonamides is 1. The van der Waals surface area contributed by atoms with E-state index in [0.717, 1.165) is 5.52 Å². The number of aromatic nitrogens is 2. The average Bonchev–Trinajstić information content (AvgIpc) is 2.73. The van der Waals surface area contributed by atoms with Gasteiger partial charge in [0.05, 0.1) is 15.8 Å². The van der Waals surface area contributed by atoms with Crippen LogP contribution in [0.3, 0.4) is 0 Å². The van der Waals surface area contributed by atoms with Crippen LogP contribution in [0.2, 0.25) is 0 Å². The molecule has 0 saturated heterocycles. The molecule has 1 heterocycles. The predicted octanol–water partition coefficient (Wildman–Crippen LogP) is 2.68. The van der Waals surface area contributed by atoms with Crippen LogP contribution in [0.25, 0.3) is 10.9 Å². The van der Waals surface area contributed by atoms with E-state index in [9.17, 15) is 13.2 Å². The fourth-order valence-corrected chi connectivity index (χ4v) is 4.31. The van der Waals surface area contributed by atoms with Gasteiger partial charge in [-0.15, -0.1) is 0 Å². The number of fused-ring (bicyclic) bond motifs is 1. The molecule has 2 aromatic carbocycles. The molecule has 1 amide bonds. The molecule has 0 unspecified atom stereocenters. The van der Waals surface area contributed by atoms with Gasteiger partial charge in [-0.05, 0) is 36.4 Å². The highest BCUT2D eigenvalue weighted by molar-refractivity contribution is 7.89. The summed E-state index contributed by atoms with van der Waals surface area (Å²) in [7, 11) is -3.53. The first kappa shape index (κ1) is 20.7. The van der Waals surface area contributed by atoms with Crippen LogP contribution < -0.4 is 10.1 Å². The molecule has 29 heavy (non-hydrogen) atoms. The van der Waals surface area contributed by atoms with Gasteiger partial charge in [0.15, 0.2) is 6.61 Å². The number of carbonyl (C=O) groups excluding carboxylic acids is 1. The molecular formula is C20H22N4O4S. The highest BCUT2D eigenvalue weighted by atomic mass is 32.2. The molecule has 0 spiro atoms. The number of ether oxygens (including phenoxy) is 1. The Morgan fingerprint density at radius 1 is 1.03 bits per heavy atom. The number of amides is 1. The van der Waals surface area contributed by atoms with Gasteiger partial charge in [-0.1, -0.05) is 26.0 Å². The van der Waals surface area contributed by atoms with E-state index in [4.69, 9.17) is 4.74 Å². The van der Waals surface area contributed by atoms with Crippen LogP contribution in [0.4, 0.5) is 5.69 Å². The van der Waals surface area contributed by atoms with Crippen molar-refractivity contribution in [3.63, 3.8) is 0 Å². The number of carbonyl (C=O) groups is 1. The van der Waals surface area contributed by atoms with Crippen molar-refractivity contribution < 1.29 is 17.9 Å². The fraction of sp³-hybridized carbons (Fsp3) is 0.250. The lowest BCUT2D eigenvalue weighted by Crippen LogP contribution is -2.30. The Balaban J connectivity index is 1.64. The molecule has 0 fully saturated rings. The lowest BCUT2D eigenvalue weighted by Gasteiger charge is -2.18.